The van der Waals surface area contributed by atoms with Gasteiger partial charge in [0.25, 0.3) is 0 Å². The van der Waals surface area contributed by atoms with Crippen molar-refractivity contribution in [1.29, 1.82) is 0 Å². The molecule has 0 aromatic heterocycles. The van der Waals surface area contributed by atoms with Crippen LogP contribution in [0.4, 0.5) is 5.69 Å². The zero-order valence-corrected chi connectivity index (χ0v) is 23.8. The molecule has 2 aliphatic heterocycles. The van der Waals surface area contributed by atoms with Gasteiger partial charge in [-0.1, -0.05) is 30.7 Å². The number of ether oxygens (including phenoxy) is 1. The maximum Gasteiger partial charge on any atom is 0.238 e. The van der Waals surface area contributed by atoms with Crippen LogP contribution in [-0.2, 0) is 32.0 Å². The van der Waals surface area contributed by atoms with Gasteiger partial charge in [0.1, 0.15) is 11.5 Å². The number of phenols is 1. The number of aryl methyl sites for hydroxylation is 1. The van der Waals surface area contributed by atoms with E-state index in [-0.39, 0.29) is 40.0 Å². The van der Waals surface area contributed by atoms with Crippen molar-refractivity contribution >= 4 is 45.0 Å². The molecule has 2 heterocycles. The van der Waals surface area contributed by atoms with Gasteiger partial charge in [0.15, 0.2) is 11.6 Å². The highest BCUT2D eigenvalue weighted by molar-refractivity contribution is 9.12. The fraction of sp³-hybridized carbons (Fsp3) is 0.273. The van der Waals surface area contributed by atoms with Crippen molar-refractivity contribution in [2.24, 2.45) is 23.7 Å². The third-order valence-corrected chi connectivity index (χ3v) is 9.67. The molecular weight excluding hydrogens is 586 g/mol. The van der Waals surface area contributed by atoms with Crippen LogP contribution in [0.5, 0.6) is 11.5 Å². The lowest BCUT2D eigenvalue weighted by Crippen LogP contribution is -2.41. The van der Waals surface area contributed by atoms with E-state index in [1.54, 1.807) is 24.5 Å². The molecule has 1 saturated heterocycles. The number of fused-ring (bicyclic) bond motifs is 4. The van der Waals surface area contributed by atoms with Gasteiger partial charge < -0.3 is 9.84 Å². The molecule has 4 unspecified atom stereocenters. The van der Waals surface area contributed by atoms with E-state index in [2.05, 4.69) is 15.9 Å². The number of aromatic hydroxyl groups is 1. The summed E-state index contributed by atoms with van der Waals surface area (Å²) < 4.78 is 6.12. The molecule has 3 aliphatic carbocycles. The van der Waals surface area contributed by atoms with Gasteiger partial charge in [-0.05, 0) is 82.6 Å². The van der Waals surface area contributed by atoms with E-state index < -0.39 is 23.7 Å². The number of benzene rings is 2. The van der Waals surface area contributed by atoms with Crippen LogP contribution in [0.15, 0.2) is 87.7 Å². The molecule has 0 radical (unpaired) electrons. The number of anilines is 1. The lowest BCUT2D eigenvalue weighted by molar-refractivity contribution is -0.123. The summed E-state index contributed by atoms with van der Waals surface area (Å²) in [5.74, 6) is -2.48. The monoisotopic (exact) mass is 611 g/mol. The van der Waals surface area contributed by atoms with Crippen molar-refractivity contribution in [1.82, 2.24) is 0 Å². The van der Waals surface area contributed by atoms with Crippen molar-refractivity contribution in [3.8, 4) is 11.5 Å². The molecule has 0 spiro atoms. The van der Waals surface area contributed by atoms with E-state index in [4.69, 9.17) is 4.74 Å². The van der Waals surface area contributed by atoms with Crippen LogP contribution in [-0.4, -0.2) is 28.5 Å². The normalized spacial score (nSPS) is 26.9. The number of hydrogen-bond acceptors (Lipinski definition) is 6. The summed E-state index contributed by atoms with van der Waals surface area (Å²) in [5.41, 5.74) is 4.85. The first-order valence-corrected chi connectivity index (χ1v) is 14.6. The SMILES string of the molecule is CCc1ccc(N2C(=O)C3CC=C4C(C5=COc6ccc(O)cc6C5)C5=C(CC4C3C2=O)C(=O)C(Br)=CC5=O)cc1. The summed E-state index contributed by atoms with van der Waals surface area (Å²) in [4.78, 5) is 55.9. The fourth-order valence-electron chi connectivity index (χ4n) is 7.15. The van der Waals surface area contributed by atoms with Gasteiger partial charge in [-0.2, -0.15) is 0 Å². The van der Waals surface area contributed by atoms with Crippen molar-refractivity contribution in [2.75, 3.05) is 4.90 Å². The number of halogens is 1. The minimum atomic E-state index is -0.640. The number of nitrogens with zero attached hydrogens (tertiary/aromatic N) is 1. The van der Waals surface area contributed by atoms with Crippen molar-refractivity contribution < 1.29 is 29.0 Å². The molecule has 7 nitrogen and oxygen atoms in total. The van der Waals surface area contributed by atoms with Gasteiger partial charge in [-0.15, -0.1) is 0 Å². The number of hydrogen-bond donors (Lipinski definition) is 1. The average Bonchev–Trinajstić information content (AvgIpc) is 3.24. The molecule has 2 amide bonds. The number of amides is 2. The Morgan fingerprint density at radius 3 is 2.56 bits per heavy atom. The minimum absolute atomic E-state index is 0.104. The maximum atomic E-state index is 14.0. The Kier molecular flexibility index (Phi) is 6.01. The summed E-state index contributed by atoms with van der Waals surface area (Å²) >= 11 is 3.26. The van der Waals surface area contributed by atoms with Crippen molar-refractivity contribution in [3.63, 3.8) is 0 Å². The Balaban J connectivity index is 1.32. The number of carbonyl (C=O) groups is 4. The lowest BCUT2D eigenvalue weighted by atomic mass is 9.59. The highest BCUT2D eigenvalue weighted by Crippen LogP contribution is 2.55. The largest absolute Gasteiger partial charge is 0.508 e. The first kappa shape index (κ1) is 25.9. The number of carbonyl (C=O) groups excluding carboxylic acids is 4. The second kappa shape index (κ2) is 9.52. The summed E-state index contributed by atoms with van der Waals surface area (Å²) in [7, 11) is 0. The second-order valence-electron chi connectivity index (χ2n) is 11.2. The average molecular weight is 612 g/mol. The van der Waals surface area contributed by atoms with Gasteiger partial charge in [0.05, 0.1) is 28.3 Å². The smallest absolute Gasteiger partial charge is 0.238 e. The minimum Gasteiger partial charge on any atom is -0.508 e. The molecule has 1 N–H and O–H groups in total. The topological polar surface area (TPSA) is 101 Å². The highest BCUT2D eigenvalue weighted by atomic mass is 79.9. The summed E-state index contributed by atoms with van der Waals surface area (Å²) in [6.07, 6.45) is 6.77. The number of imide groups is 1. The van der Waals surface area contributed by atoms with Crippen LogP contribution >= 0.6 is 15.9 Å². The van der Waals surface area contributed by atoms with Crippen LogP contribution in [0, 0.1) is 23.7 Å². The van der Waals surface area contributed by atoms with E-state index in [1.165, 1.54) is 11.0 Å². The lowest BCUT2D eigenvalue weighted by Gasteiger charge is -2.43. The molecule has 206 valence electrons. The van der Waals surface area contributed by atoms with Crippen LogP contribution in [0.3, 0.4) is 0 Å². The summed E-state index contributed by atoms with van der Waals surface area (Å²) in [6.45, 7) is 2.05. The van der Waals surface area contributed by atoms with Gasteiger partial charge in [-0.3, -0.25) is 24.1 Å². The number of Topliss-reactive ketones (excluding diaryl/α,β-unsaturated/α-hetero) is 1. The molecule has 0 saturated carbocycles. The zero-order chi connectivity index (χ0) is 28.6. The molecule has 5 aliphatic rings. The Hall–Kier alpha value is -4.04. The second-order valence-corrected chi connectivity index (χ2v) is 12.1. The molecule has 7 rings (SSSR count). The molecule has 0 bridgehead atoms. The molecule has 1 fully saturated rings. The molecule has 41 heavy (non-hydrogen) atoms. The highest BCUT2D eigenvalue weighted by Gasteiger charge is 2.57. The van der Waals surface area contributed by atoms with Gasteiger partial charge in [-0.25, -0.2) is 0 Å². The van der Waals surface area contributed by atoms with E-state index >= 15 is 0 Å². The standard InChI is InChI=1S/C33H26BrNO6/c1-2-16-3-5-19(6-4-16)35-32(39)22-9-8-21-23(29(22)33(35)40)13-24-30(26(37)14-25(34)31(24)38)28(21)18-11-17-12-20(36)7-10-27(17)41-15-18/h3-8,10,12,14-15,22-23,28-29,36H,2,9,11,13H2,1H3. The molecule has 2 aromatic carbocycles. The quantitative estimate of drug-likeness (QED) is 0.288. The van der Waals surface area contributed by atoms with Crippen molar-refractivity contribution in [2.45, 2.75) is 32.6 Å². The fourth-order valence-corrected chi connectivity index (χ4v) is 7.60. The number of allylic oxidation sites excluding steroid dienone is 7. The Labute approximate surface area is 245 Å². The third-order valence-electron chi connectivity index (χ3n) is 9.08. The van der Waals surface area contributed by atoms with E-state index in [0.29, 0.717) is 35.4 Å². The molecule has 2 aromatic rings. The van der Waals surface area contributed by atoms with Crippen molar-refractivity contribution in [3.05, 3.63) is 98.8 Å². The van der Waals surface area contributed by atoms with Crippen LogP contribution in [0.1, 0.15) is 30.9 Å². The predicted octanol–water partition coefficient (Wildman–Crippen LogP) is 5.27. The first-order chi connectivity index (χ1) is 19.8. The number of rotatable bonds is 3. The zero-order valence-electron chi connectivity index (χ0n) is 22.2. The maximum absolute atomic E-state index is 14.0. The van der Waals surface area contributed by atoms with Gasteiger partial charge in [0.2, 0.25) is 11.8 Å². The summed E-state index contributed by atoms with van der Waals surface area (Å²) in [6, 6.07) is 12.4. The van der Waals surface area contributed by atoms with Gasteiger partial charge in [0, 0.05) is 35.1 Å². The third kappa shape index (κ3) is 3.91. The number of ketones is 2. The van der Waals surface area contributed by atoms with E-state index in [9.17, 15) is 24.3 Å². The molecular formula is C33H26BrNO6. The molecule has 8 heteroatoms. The molecule has 4 atom stereocenters. The predicted molar refractivity (Wildman–Crippen MR) is 154 cm³/mol. The van der Waals surface area contributed by atoms with Crippen LogP contribution in [0.25, 0.3) is 0 Å². The Bertz CT molecular complexity index is 1690. The summed E-state index contributed by atoms with van der Waals surface area (Å²) in [5, 5.41) is 10.1. The van der Waals surface area contributed by atoms with Gasteiger partial charge >= 0.3 is 0 Å². The Morgan fingerprint density at radius 1 is 1.02 bits per heavy atom. The number of phenolic OH excluding ortho intramolecular Hbond substituents is 1. The van der Waals surface area contributed by atoms with Crippen LogP contribution < -0.4 is 9.64 Å². The van der Waals surface area contributed by atoms with Crippen LogP contribution in [0.2, 0.25) is 0 Å². The first-order valence-electron chi connectivity index (χ1n) is 13.8. The van der Waals surface area contributed by atoms with E-state index in [0.717, 1.165) is 28.7 Å². The van der Waals surface area contributed by atoms with E-state index in [1.807, 2.05) is 37.3 Å². The Morgan fingerprint density at radius 2 is 1.80 bits per heavy atom.